The van der Waals surface area contributed by atoms with Crippen molar-refractivity contribution in [3.63, 3.8) is 0 Å². The Morgan fingerprint density at radius 2 is 1.74 bits per heavy atom. The molecular formula is C27H20Cl2O6. The molecule has 1 atom stereocenters. The number of benzene rings is 4. The van der Waals surface area contributed by atoms with Gasteiger partial charge < -0.3 is 23.2 Å². The van der Waals surface area contributed by atoms with Crippen LogP contribution in [0.4, 0.5) is 0 Å². The number of phenolic OH excluding ortho intramolecular Hbond substituents is 1. The minimum absolute atomic E-state index is 0.0263. The number of fused-ring (bicyclic) bond motifs is 2. The Kier molecular flexibility index (Phi) is 6.57. The van der Waals surface area contributed by atoms with E-state index in [4.69, 9.17) is 41.8 Å². The van der Waals surface area contributed by atoms with Crippen LogP contribution in [-0.2, 0) is 11.2 Å². The number of hydrogen-bond donors (Lipinski definition) is 1. The molecule has 35 heavy (non-hydrogen) atoms. The molecule has 0 spiro atoms. The molecule has 1 aliphatic heterocycles. The van der Waals surface area contributed by atoms with Gasteiger partial charge in [0.2, 0.25) is 6.79 Å². The largest absolute Gasteiger partial charge is 0.507 e. The lowest BCUT2D eigenvalue weighted by atomic mass is 9.84. The second-order valence-electron chi connectivity index (χ2n) is 8.23. The van der Waals surface area contributed by atoms with Gasteiger partial charge in [0.15, 0.2) is 23.0 Å². The predicted octanol–water partition coefficient (Wildman–Crippen LogP) is 6.67. The number of hydrogen-bond acceptors (Lipinski definition) is 6. The van der Waals surface area contributed by atoms with E-state index in [1.807, 2.05) is 48.5 Å². The molecule has 0 aromatic heterocycles. The van der Waals surface area contributed by atoms with E-state index in [0.717, 1.165) is 21.9 Å². The Balaban J connectivity index is 1.54. The molecule has 8 heteroatoms. The molecular weight excluding hydrogens is 491 g/mol. The van der Waals surface area contributed by atoms with Crippen LogP contribution in [0.5, 0.6) is 28.7 Å². The molecule has 178 valence electrons. The fourth-order valence-corrected chi connectivity index (χ4v) is 4.74. The quantitative estimate of drug-likeness (QED) is 0.285. The molecule has 0 saturated heterocycles. The highest BCUT2D eigenvalue weighted by Crippen LogP contribution is 2.46. The summed E-state index contributed by atoms with van der Waals surface area (Å²) >= 11 is 11.2. The molecule has 6 nitrogen and oxygen atoms in total. The van der Waals surface area contributed by atoms with Crippen LogP contribution in [0, 0.1) is 0 Å². The Bertz CT molecular complexity index is 1400. The smallest absolute Gasteiger partial charge is 0.231 e. The van der Waals surface area contributed by atoms with E-state index in [-0.39, 0.29) is 42.7 Å². The van der Waals surface area contributed by atoms with Crippen molar-refractivity contribution in [3.8, 4) is 28.7 Å². The van der Waals surface area contributed by atoms with Gasteiger partial charge in [0.1, 0.15) is 35.3 Å². The molecule has 4 aromatic carbocycles. The highest BCUT2D eigenvalue weighted by atomic mass is 35.5. The second-order valence-corrected chi connectivity index (χ2v) is 8.54. The van der Waals surface area contributed by atoms with Crippen molar-refractivity contribution in [2.75, 3.05) is 6.79 Å². The Morgan fingerprint density at radius 1 is 0.943 bits per heavy atom. The molecule has 1 heterocycles. The molecule has 5 rings (SSSR count). The standard InChI is InChI=1S/C27H20Cl2O6/c28-34-20-13-23(31)27(26(14-20)35-29)22(18-8-9-24-25(11-18)33-15-32-24)12-19(30)10-17-6-3-5-16-4-1-2-7-21(16)17/h1-9,11,13-14,22,31H,10,12,15H2. The number of Topliss-reactive ketones (excluding diaryl/α,β-unsaturated/α-hetero) is 1. The van der Waals surface area contributed by atoms with Crippen molar-refractivity contribution in [1.82, 2.24) is 0 Å². The van der Waals surface area contributed by atoms with Gasteiger partial charge >= 0.3 is 0 Å². The third-order valence-electron chi connectivity index (χ3n) is 6.11. The monoisotopic (exact) mass is 510 g/mol. The van der Waals surface area contributed by atoms with E-state index in [1.54, 1.807) is 12.1 Å². The summed E-state index contributed by atoms with van der Waals surface area (Å²) < 4.78 is 20.7. The van der Waals surface area contributed by atoms with Crippen LogP contribution in [0.1, 0.15) is 29.0 Å². The summed E-state index contributed by atoms with van der Waals surface area (Å²) in [6, 6.07) is 22.0. The first-order chi connectivity index (χ1) is 17.1. The van der Waals surface area contributed by atoms with Gasteiger partial charge in [0.25, 0.3) is 0 Å². The average molecular weight is 511 g/mol. The van der Waals surface area contributed by atoms with Crippen LogP contribution in [0.25, 0.3) is 10.8 Å². The van der Waals surface area contributed by atoms with Gasteiger partial charge in [-0.15, -0.1) is 0 Å². The lowest BCUT2D eigenvalue weighted by Crippen LogP contribution is -2.12. The summed E-state index contributed by atoms with van der Waals surface area (Å²) in [5.41, 5.74) is 1.99. The van der Waals surface area contributed by atoms with Crippen LogP contribution in [-0.4, -0.2) is 17.7 Å². The lowest BCUT2D eigenvalue weighted by Gasteiger charge is -2.21. The van der Waals surface area contributed by atoms with E-state index < -0.39 is 5.92 Å². The molecule has 1 N–H and O–H groups in total. The van der Waals surface area contributed by atoms with Gasteiger partial charge in [-0.2, -0.15) is 0 Å². The summed E-state index contributed by atoms with van der Waals surface area (Å²) in [7, 11) is 0. The lowest BCUT2D eigenvalue weighted by molar-refractivity contribution is -0.118. The Morgan fingerprint density at radius 3 is 2.57 bits per heavy atom. The van der Waals surface area contributed by atoms with Crippen molar-refractivity contribution in [2.45, 2.75) is 18.8 Å². The number of aromatic hydroxyl groups is 1. The average Bonchev–Trinajstić information content (AvgIpc) is 3.35. The maximum atomic E-state index is 13.4. The van der Waals surface area contributed by atoms with Gasteiger partial charge in [0, 0.05) is 36.5 Å². The predicted molar refractivity (Wildman–Crippen MR) is 133 cm³/mol. The zero-order chi connectivity index (χ0) is 24.4. The van der Waals surface area contributed by atoms with E-state index in [1.165, 1.54) is 12.1 Å². The van der Waals surface area contributed by atoms with Gasteiger partial charge in [0.05, 0.1) is 0 Å². The second kappa shape index (κ2) is 9.94. The molecule has 4 aromatic rings. The zero-order valence-electron chi connectivity index (χ0n) is 18.4. The van der Waals surface area contributed by atoms with Crippen molar-refractivity contribution < 1.29 is 28.0 Å². The zero-order valence-corrected chi connectivity index (χ0v) is 19.9. The summed E-state index contributed by atoms with van der Waals surface area (Å²) in [4.78, 5) is 13.4. The Hall–Kier alpha value is -3.61. The minimum Gasteiger partial charge on any atom is -0.507 e. The molecule has 1 unspecified atom stereocenters. The molecule has 0 bridgehead atoms. The SMILES string of the molecule is O=C(Cc1cccc2ccccc12)CC(c1ccc2c(c1)OCO2)c1c(O)cc(OCl)cc1OCl. The third kappa shape index (κ3) is 4.67. The molecule has 0 saturated carbocycles. The first-order valence-electron chi connectivity index (χ1n) is 10.9. The molecule has 0 radical (unpaired) electrons. The van der Waals surface area contributed by atoms with Crippen LogP contribution in [0.15, 0.2) is 72.8 Å². The number of carbonyl (C=O) groups excluding carboxylic acids is 1. The number of halogens is 2. The summed E-state index contributed by atoms with van der Waals surface area (Å²) in [6.07, 6.45) is 0.299. The van der Waals surface area contributed by atoms with Crippen LogP contribution in [0.2, 0.25) is 0 Å². The number of phenols is 1. The van der Waals surface area contributed by atoms with Gasteiger partial charge in [-0.05, 0) is 34.0 Å². The van der Waals surface area contributed by atoms with E-state index in [9.17, 15) is 9.90 Å². The molecule has 1 aliphatic rings. The molecule has 0 fully saturated rings. The number of carbonyl (C=O) groups is 1. The van der Waals surface area contributed by atoms with Crippen LogP contribution < -0.4 is 18.1 Å². The van der Waals surface area contributed by atoms with Crippen molar-refractivity contribution in [1.29, 1.82) is 0 Å². The third-order valence-corrected chi connectivity index (χ3v) is 6.46. The van der Waals surface area contributed by atoms with Gasteiger partial charge in [-0.3, -0.25) is 4.79 Å². The van der Waals surface area contributed by atoms with E-state index in [2.05, 4.69) is 0 Å². The van der Waals surface area contributed by atoms with Crippen LogP contribution in [0.3, 0.4) is 0 Å². The van der Waals surface area contributed by atoms with E-state index >= 15 is 0 Å². The van der Waals surface area contributed by atoms with Gasteiger partial charge in [-0.25, -0.2) is 0 Å². The highest BCUT2D eigenvalue weighted by molar-refractivity contribution is 6.10. The van der Waals surface area contributed by atoms with E-state index in [0.29, 0.717) is 17.1 Å². The Labute approximate surface area is 211 Å². The van der Waals surface area contributed by atoms with Gasteiger partial charge in [-0.1, -0.05) is 48.5 Å². The summed E-state index contributed by atoms with van der Waals surface area (Å²) in [5, 5.41) is 13.0. The maximum absolute atomic E-state index is 13.4. The first kappa shape index (κ1) is 23.1. The normalized spacial score (nSPS) is 13.0. The maximum Gasteiger partial charge on any atom is 0.231 e. The fourth-order valence-electron chi connectivity index (χ4n) is 4.52. The minimum atomic E-state index is -0.592. The first-order valence-corrected chi connectivity index (χ1v) is 11.5. The highest BCUT2D eigenvalue weighted by Gasteiger charge is 2.28. The summed E-state index contributed by atoms with van der Waals surface area (Å²) in [5.74, 6) is 0.658. The summed E-state index contributed by atoms with van der Waals surface area (Å²) in [6.45, 7) is 0.118. The number of rotatable bonds is 8. The fraction of sp³-hybridized carbons (Fsp3) is 0.148. The van der Waals surface area contributed by atoms with Crippen LogP contribution >= 0.6 is 23.7 Å². The van der Waals surface area contributed by atoms with Crippen molar-refractivity contribution in [3.05, 3.63) is 89.5 Å². The molecule has 0 amide bonds. The molecule has 0 aliphatic carbocycles. The topological polar surface area (TPSA) is 74.2 Å². The van der Waals surface area contributed by atoms with Crippen molar-refractivity contribution in [2.24, 2.45) is 0 Å². The number of ether oxygens (including phenoxy) is 2. The van der Waals surface area contributed by atoms with Crippen molar-refractivity contribution >= 4 is 40.3 Å². The number of ketones is 1.